The molecule has 21 heavy (non-hydrogen) atoms. The molecule has 3 rings (SSSR count). The topological polar surface area (TPSA) is 59.3 Å². The third kappa shape index (κ3) is 2.70. The smallest absolute Gasteiger partial charge is 0.349 e. The Morgan fingerprint density at radius 2 is 2.10 bits per heavy atom. The van der Waals surface area contributed by atoms with Gasteiger partial charge < -0.3 is 5.32 Å². The number of amides is 1. The average Bonchev–Trinajstić information content (AvgIpc) is 2.78. The average molecular weight is 298 g/mol. The van der Waals surface area contributed by atoms with Crippen LogP contribution in [0.15, 0.2) is 24.4 Å². The van der Waals surface area contributed by atoms with Gasteiger partial charge in [0.2, 0.25) is 5.82 Å². The van der Waals surface area contributed by atoms with Crippen molar-refractivity contribution in [1.82, 2.24) is 19.9 Å². The summed E-state index contributed by atoms with van der Waals surface area (Å²) in [6, 6.07) is 5.23. The molecule has 1 aliphatic carbocycles. The predicted molar refractivity (Wildman–Crippen MR) is 67.6 cm³/mol. The standard InChI is InChI=1S/C13H13F3N4O/c14-13(15,16)9-5-8(6-9)7-17-12(21)11-19-18-10-3-1-2-4-20(10)11/h1-4,8-9H,5-7H2,(H,17,21). The first kappa shape index (κ1) is 13.8. The lowest BCUT2D eigenvalue weighted by Crippen LogP contribution is -2.41. The highest BCUT2D eigenvalue weighted by Gasteiger charge is 2.47. The molecule has 0 aliphatic heterocycles. The van der Waals surface area contributed by atoms with E-state index in [9.17, 15) is 18.0 Å². The van der Waals surface area contributed by atoms with Crippen molar-refractivity contribution in [3.63, 3.8) is 0 Å². The second kappa shape index (κ2) is 5.01. The Hall–Kier alpha value is -2.12. The summed E-state index contributed by atoms with van der Waals surface area (Å²) in [7, 11) is 0. The first-order valence-corrected chi connectivity index (χ1v) is 6.60. The van der Waals surface area contributed by atoms with Gasteiger partial charge in [0.1, 0.15) is 0 Å². The molecule has 0 bridgehead atoms. The Labute approximate surface area is 118 Å². The number of hydrogen-bond donors (Lipinski definition) is 1. The number of rotatable bonds is 3. The third-order valence-corrected chi connectivity index (χ3v) is 3.77. The maximum atomic E-state index is 12.4. The summed E-state index contributed by atoms with van der Waals surface area (Å²) in [5, 5.41) is 10.3. The molecule has 0 radical (unpaired) electrons. The Bertz CT molecular complexity index is 661. The van der Waals surface area contributed by atoms with Crippen LogP contribution in [0, 0.1) is 11.8 Å². The monoisotopic (exact) mass is 298 g/mol. The summed E-state index contributed by atoms with van der Waals surface area (Å²) in [6.07, 6.45) is -2.31. The molecular weight excluding hydrogens is 285 g/mol. The Kier molecular flexibility index (Phi) is 3.30. The SMILES string of the molecule is O=C(NCC1CC(C(F)(F)F)C1)c1nnc2ccccn12. The molecule has 1 aliphatic rings. The molecule has 8 heteroatoms. The minimum absolute atomic E-state index is 0.0738. The molecule has 2 heterocycles. The maximum absolute atomic E-state index is 12.4. The second-order valence-corrected chi connectivity index (χ2v) is 5.24. The number of halogens is 3. The Morgan fingerprint density at radius 3 is 2.81 bits per heavy atom. The zero-order valence-electron chi connectivity index (χ0n) is 11.0. The summed E-state index contributed by atoms with van der Waals surface area (Å²) < 4.78 is 38.6. The number of fused-ring (bicyclic) bond motifs is 1. The summed E-state index contributed by atoms with van der Waals surface area (Å²) in [5.74, 6) is -1.64. The number of nitrogens with zero attached hydrogens (tertiary/aromatic N) is 3. The van der Waals surface area contributed by atoms with Crippen LogP contribution >= 0.6 is 0 Å². The van der Waals surface area contributed by atoms with Crippen LogP contribution in [0.4, 0.5) is 13.2 Å². The van der Waals surface area contributed by atoms with E-state index in [-0.39, 0.29) is 31.1 Å². The van der Waals surface area contributed by atoms with Gasteiger partial charge in [-0.3, -0.25) is 9.20 Å². The molecule has 0 atom stereocenters. The maximum Gasteiger partial charge on any atom is 0.391 e. The first-order valence-electron chi connectivity index (χ1n) is 6.60. The highest BCUT2D eigenvalue weighted by atomic mass is 19.4. The lowest BCUT2D eigenvalue weighted by Gasteiger charge is -2.36. The van der Waals surface area contributed by atoms with Crippen LogP contribution in [0.25, 0.3) is 5.65 Å². The van der Waals surface area contributed by atoms with E-state index in [0.29, 0.717) is 5.65 Å². The van der Waals surface area contributed by atoms with Crippen molar-refractivity contribution in [1.29, 1.82) is 0 Å². The molecule has 112 valence electrons. The minimum Gasteiger partial charge on any atom is -0.349 e. The predicted octanol–water partition coefficient (Wildman–Crippen LogP) is 2.05. The Morgan fingerprint density at radius 1 is 1.33 bits per heavy atom. The van der Waals surface area contributed by atoms with E-state index in [1.54, 1.807) is 24.4 Å². The van der Waals surface area contributed by atoms with Crippen molar-refractivity contribution in [3.05, 3.63) is 30.2 Å². The third-order valence-electron chi connectivity index (χ3n) is 3.77. The van der Waals surface area contributed by atoms with Gasteiger partial charge in [-0.05, 0) is 30.9 Å². The fourth-order valence-corrected chi connectivity index (χ4v) is 2.48. The van der Waals surface area contributed by atoms with E-state index in [4.69, 9.17) is 0 Å². The fraction of sp³-hybridized carbons (Fsp3) is 0.462. The van der Waals surface area contributed by atoms with E-state index in [1.165, 1.54) is 4.40 Å². The molecule has 1 amide bonds. The molecule has 1 N–H and O–H groups in total. The van der Waals surface area contributed by atoms with Crippen LogP contribution in [0.5, 0.6) is 0 Å². The number of hydrogen-bond acceptors (Lipinski definition) is 3. The lowest BCUT2D eigenvalue weighted by atomic mass is 9.74. The highest BCUT2D eigenvalue weighted by Crippen LogP contribution is 2.44. The van der Waals surface area contributed by atoms with E-state index < -0.39 is 18.0 Å². The summed E-state index contributed by atoms with van der Waals surface area (Å²) in [6.45, 7) is 0.229. The van der Waals surface area contributed by atoms with Gasteiger partial charge in [-0.2, -0.15) is 13.2 Å². The molecular formula is C13H13F3N4O. The largest absolute Gasteiger partial charge is 0.391 e. The summed E-state index contributed by atoms with van der Waals surface area (Å²) in [5.41, 5.74) is 0.545. The Balaban J connectivity index is 1.56. The lowest BCUT2D eigenvalue weighted by molar-refractivity contribution is -0.203. The quantitative estimate of drug-likeness (QED) is 0.943. The first-order chi connectivity index (χ1) is 9.95. The van der Waals surface area contributed by atoms with Gasteiger partial charge in [0.25, 0.3) is 5.91 Å². The van der Waals surface area contributed by atoms with E-state index in [0.717, 1.165) is 0 Å². The van der Waals surface area contributed by atoms with Crippen LogP contribution in [0.3, 0.4) is 0 Å². The number of carbonyl (C=O) groups is 1. The number of pyridine rings is 1. The number of alkyl halides is 3. The van der Waals surface area contributed by atoms with Gasteiger partial charge >= 0.3 is 6.18 Å². The van der Waals surface area contributed by atoms with Gasteiger partial charge in [-0.1, -0.05) is 6.07 Å². The van der Waals surface area contributed by atoms with Crippen molar-refractivity contribution in [2.45, 2.75) is 19.0 Å². The number of carbonyl (C=O) groups excluding carboxylic acids is 1. The molecule has 2 aromatic heterocycles. The van der Waals surface area contributed by atoms with Gasteiger partial charge in [0.05, 0.1) is 5.92 Å². The van der Waals surface area contributed by atoms with Crippen molar-refractivity contribution >= 4 is 11.6 Å². The van der Waals surface area contributed by atoms with Crippen molar-refractivity contribution < 1.29 is 18.0 Å². The minimum atomic E-state index is -4.12. The fourth-order valence-electron chi connectivity index (χ4n) is 2.48. The molecule has 0 spiro atoms. The van der Waals surface area contributed by atoms with Gasteiger partial charge in [-0.15, -0.1) is 10.2 Å². The van der Waals surface area contributed by atoms with Crippen molar-refractivity contribution in [3.8, 4) is 0 Å². The van der Waals surface area contributed by atoms with Crippen LogP contribution < -0.4 is 5.32 Å². The van der Waals surface area contributed by atoms with Crippen LogP contribution in [-0.2, 0) is 0 Å². The molecule has 0 unspecified atom stereocenters. The molecule has 2 aromatic rings. The zero-order valence-corrected chi connectivity index (χ0v) is 11.0. The van der Waals surface area contributed by atoms with Crippen molar-refractivity contribution in [2.75, 3.05) is 6.54 Å². The van der Waals surface area contributed by atoms with E-state index in [2.05, 4.69) is 15.5 Å². The molecule has 1 fully saturated rings. The molecule has 0 aromatic carbocycles. The van der Waals surface area contributed by atoms with Gasteiger partial charge in [0.15, 0.2) is 5.65 Å². The summed E-state index contributed by atoms with van der Waals surface area (Å²) in [4.78, 5) is 12.0. The van der Waals surface area contributed by atoms with E-state index in [1.807, 2.05) is 0 Å². The van der Waals surface area contributed by atoms with Crippen LogP contribution in [0.1, 0.15) is 23.5 Å². The number of aromatic nitrogens is 3. The zero-order chi connectivity index (χ0) is 15.0. The molecule has 0 saturated heterocycles. The van der Waals surface area contributed by atoms with Crippen molar-refractivity contribution in [2.24, 2.45) is 11.8 Å². The molecule has 5 nitrogen and oxygen atoms in total. The second-order valence-electron chi connectivity index (χ2n) is 5.24. The van der Waals surface area contributed by atoms with Crippen LogP contribution in [-0.4, -0.2) is 33.2 Å². The van der Waals surface area contributed by atoms with Crippen LogP contribution in [0.2, 0.25) is 0 Å². The van der Waals surface area contributed by atoms with E-state index >= 15 is 0 Å². The van der Waals surface area contributed by atoms with Gasteiger partial charge in [-0.25, -0.2) is 0 Å². The molecule has 1 saturated carbocycles. The highest BCUT2D eigenvalue weighted by molar-refractivity contribution is 5.91. The summed E-state index contributed by atoms with van der Waals surface area (Å²) >= 11 is 0. The number of nitrogens with one attached hydrogen (secondary N) is 1. The normalized spacial score (nSPS) is 22.0. The van der Waals surface area contributed by atoms with Gasteiger partial charge in [0, 0.05) is 12.7 Å².